The number of halogens is 2. The molecule has 3 unspecified atom stereocenters. The van der Waals surface area contributed by atoms with E-state index in [9.17, 15) is 0 Å². The zero-order valence-electron chi connectivity index (χ0n) is 12.4. The van der Waals surface area contributed by atoms with Crippen LogP contribution in [0.15, 0.2) is 0 Å². The van der Waals surface area contributed by atoms with Crippen LogP contribution in [0.25, 0.3) is 0 Å². The van der Waals surface area contributed by atoms with E-state index in [1.54, 1.807) is 0 Å². The summed E-state index contributed by atoms with van der Waals surface area (Å²) in [6.45, 7) is 12.7. The highest BCUT2D eigenvalue weighted by Gasteiger charge is 2.58. The Morgan fingerprint density at radius 1 is 1.11 bits per heavy atom. The number of alkyl halides is 2. The Labute approximate surface area is 122 Å². The van der Waals surface area contributed by atoms with Gasteiger partial charge in [-0.05, 0) is 37.8 Å². The van der Waals surface area contributed by atoms with E-state index < -0.39 is 9.87 Å². The first-order valence-electron chi connectivity index (χ1n) is 7.11. The van der Waals surface area contributed by atoms with Gasteiger partial charge in [0.15, 0.2) is 0 Å². The molecule has 1 rings (SSSR count). The molecule has 0 saturated heterocycles. The van der Waals surface area contributed by atoms with Crippen LogP contribution < -0.4 is 10.6 Å². The summed E-state index contributed by atoms with van der Waals surface area (Å²) in [6, 6.07) is 0.245. The van der Waals surface area contributed by atoms with Gasteiger partial charge in [0.1, 0.15) is 5.00 Å². The van der Waals surface area contributed by atoms with Crippen LogP contribution in [0.4, 0.5) is 0 Å². The molecule has 0 spiro atoms. The standard InChI is InChI=1S/C14H28Cl2N2/c1-6-13(15)11(17-7-2)9-12(4,5)10-14(13,16)18-8-3/h11,17-18H,6-10H2,1-5H3. The van der Waals surface area contributed by atoms with Crippen LogP contribution in [0.2, 0.25) is 0 Å². The summed E-state index contributed by atoms with van der Waals surface area (Å²) in [5.74, 6) is 0. The van der Waals surface area contributed by atoms with E-state index in [1.165, 1.54) is 0 Å². The minimum absolute atomic E-state index is 0.199. The van der Waals surface area contributed by atoms with Crippen molar-refractivity contribution in [2.75, 3.05) is 13.1 Å². The molecule has 108 valence electrons. The lowest BCUT2D eigenvalue weighted by atomic mass is 9.65. The average molecular weight is 295 g/mol. The van der Waals surface area contributed by atoms with Gasteiger partial charge in [-0.25, -0.2) is 0 Å². The highest BCUT2D eigenvalue weighted by molar-refractivity contribution is 6.35. The molecule has 0 amide bonds. The van der Waals surface area contributed by atoms with Gasteiger partial charge in [-0.3, -0.25) is 5.32 Å². The molecule has 1 aliphatic carbocycles. The molecule has 18 heavy (non-hydrogen) atoms. The molecule has 0 bridgehead atoms. The van der Waals surface area contributed by atoms with E-state index >= 15 is 0 Å². The van der Waals surface area contributed by atoms with Crippen LogP contribution in [0.5, 0.6) is 0 Å². The lowest BCUT2D eigenvalue weighted by Gasteiger charge is -2.56. The SMILES string of the molecule is CCNC1CC(C)(C)CC(Cl)(NCC)C1(Cl)CC. The molecule has 2 N–H and O–H groups in total. The molecule has 2 nitrogen and oxygen atoms in total. The van der Waals surface area contributed by atoms with Crippen molar-refractivity contribution in [1.29, 1.82) is 0 Å². The largest absolute Gasteiger partial charge is 0.312 e. The van der Waals surface area contributed by atoms with Crippen molar-refractivity contribution in [1.82, 2.24) is 10.6 Å². The molecule has 0 aromatic carbocycles. The van der Waals surface area contributed by atoms with Crippen molar-refractivity contribution in [3.8, 4) is 0 Å². The zero-order valence-corrected chi connectivity index (χ0v) is 13.9. The van der Waals surface area contributed by atoms with Crippen molar-refractivity contribution in [2.45, 2.75) is 69.8 Å². The molecule has 1 saturated carbocycles. The fourth-order valence-corrected chi connectivity index (χ4v) is 4.41. The summed E-state index contributed by atoms with van der Waals surface area (Å²) in [4.78, 5) is -0.970. The molecule has 1 fully saturated rings. The highest BCUT2D eigenvalue weighted by atomic mass is 35.5. The van der Waals surface area contributed by atoms with E-state index in [1.807, 2.05) is 0 Å². The third kappa shape index (κ3) is 2.98. The van der Waals surface area contributed by atoms with Crippen LogP contribution in [-0.4, -0.2) is 29.0 Å². The Kier molecular flexibility index (Phi) is 5.39. The fourth-order valence-electron chi connectivity index (χ4n) is 3.37. The summed E-state index contributed by atoms with van der Waals surface area (Å²) in [6.07, 6.45) is 2.82. The predicted molar refractivity (Wildman–Crippen MR) is 81.6 cm³/mol. The second-order valence-corrected chi connectivity index (χ2v) is 7.52. The van der Waals surface area contributed by atoms with Crippen molar-refractivity contribution >= 4 is 23.2 Å². The summed E-state index contributed by atoms with van der Waals surface area (Å²) in [5.41, 5.74) is 0.199. The van der Waals surface area contributed by atoms with E-state index in [-0.39, 0.29) is 11.5 Å². The topological polar surface area (TPSA) is 24.1 Å². The van der Waals surface area contributed by atoms with Gasteiger partial charge < -0.3 is 5.32 Å². The second kappa shape index (κ2) is 5.87. The third-order valence-corrected chi connectivity index (χ3v) is 5.67. The maximum Gasteiger partial charge on any atom is 0.115 e. The Morgan fingerprint density at radius 2 is 1.72 bits per heavy atom. The Balaban J connectivity index is 3.11. The van der Waals surface area contributed by atoms with E-state index in [4.69, 9.17) is 23.2 Å². The van der Waals surface area contributed by atoms with Crippen LogP contribution in [0, 0.1) is 5.41 Å². The van der Waals surface area contributed by atoms with Crippen molar-refractivity contribution in [2.24, 2.45) is 5.41 Å². The van der Waals surface area contributed by atoms with E-state index in [0.717, 1.165) is 32.4 Å². The maximum atomic E-state index is 6.96. The first kappa shape index (κ1) is 16.6. The third-order valence-electron chi connectivity index (χ3n) is 4.11. The van der Waals surface area contributed by atoms with Gasteiger partial charge in [0, 0.05) is 6.04 Å². The smallest absolute Gasteiger partial charge is 0.115 e. The average Bonchev–Trinajstić information content (AvgIpc) is 2.25. The molecular formula is C14H28Cl2N2. The van der Waals surface area contributed by atoms with Crippen LogP contribution in [-0.2, 0) is 0 Å². The van der Waals surface area contributed by atoms with Crippen molar-refractivity contribution in [3.05, 3.63) is 0 Å². The molecule has 0 heterocycles. The van der Waals surface area contributed by atoms with E-state index in [2.05, 4.69) is 45.3 Å². The lowest BCUT2D eigenvalue weighted by Crippen LogP contribution is -2.69. The molecule has 0 radical (unpaired) electrons. The summed E-state index contributed by atoms with van der Waals surface area (Å²) >= 11 is 13.9. The maximum absolute atomic E-state index is 6.96. The molecule has 3 atom stereocenters. The first-order valence-corrected chi connectivity index (χ1v) is 7.86. The summed E-state index contributed by atoms with van der Waals surface area (Å²) in [7, 11) is 0. The normalized spacial score (nSPS) is 39.8. The molecule has 0 aromatic heterocycles. The van der Waals surface area contributed by atoms with Crippen LogP contribution in [0.3, 0.4) is 0 Å². The number of rotatable bonds is 5. The predicted octanol–water partition coefficient (Wildman–Crippen LogP) is 3.72. The van der Waals surface area contributed by atoms with Crippen molar-refractivity contribution in [3.63, 3.8) is 0 Å². The second-order valence-electron chi connectivity index (χ2n) is 6.20. The summed E-state index contributed by atoms with van der Waals surface area (Å²) in [5, 5.41) is 6.98. The van der Waals surface area contributed by atoms with Gasteiger partial charge in [-0.1, -0.05) is 34.6 Å². The number of hydrogen-bond donors (Lipinski definition) is 2. The van der Waals surface area contributed by atoms with Gasteiger partial charge >= 0.3 is 0 Å². The highest BCUT2D eigenvalue weighted by Crippen LogP contribution is 2.53. The molecule has 4 heteroatoms. The van der Waals surface area contributed by atoms with Gasteiger partial charge in [0.2, 0.25) is 0 Å². The number of nitrogens with one attached hydrogen (secondary N) is 2. The molecule has 0 aliphatic heterocycles. The van der Waals surface area contributed by atoms with Crippen LogP contribution in [0.1, 0.15) is 53.9 Å². The first-order chi connectivity index (χ1) is 8.24. The number of hydrogen-bond acceptors (Lipinski definition) is 2. The minimum Gasteiger partial charge on any atom is -0.312 e. The van der Waals surface area contributed by atoms with Crippen molar-refractivity contribution < 1.29 is 0 Å². The van der Waals surface area contributed by atoms with Gasteiger partial charge in [0.05, 0.1) is 4.87 Å². The Morgan fingerprint density at radius 3 is 2.17 bits per heavy atom. The quantitative estimate of drug-likeness (QED) is 0.597. The molecular weight excluding hydrogens is 267 g/mol. The Hall–Kier alpha value is 0.500. The zero-order chi connectivity index (χ0) is 14.0. The van der Waals surface area contributed by atoms with Gasteiger partial charge in [0.25, 0.3) is 0 Å². The molecule has 0 aromatic rings. The monoisotopic (exact) mass is 294 g/mol. The van der Waals surface area contributed by atoms with Crippen LogP contribution >= 0.6 is 23.2 Å². The summed E-state index contributed by atoms with van der Waals surface area (Å²) < 4.78 is 0. The lowest BCUT2D eigenvalue weighted by molar-refractivity contribution is 0.0933. The Bertz CT molecular complexity index is 283. The molecule has 1 aliphatic rings. The minimum atomic E-state index is -0.535. The van der Waals surface area contributed by atoms with Gasteiger partial charge in [-0.2, -0.15) is 0 Å². The van der Waals surface area contributed by atoms with E-state index in [0.29, 0.717) is 0 Å². The fraction of sp³-hybridized carbons (Fsp3) is 1.00. The van der Waals surface area contributed by atoms with Gasteiger partial charge in [-0.15, -0.1) is 23.2 Å².